The molecule has 4 heavy (non-hydrogen) atoms. The Morgan fingerprint density at radius 3 is 1.50 bits per heavy atom. The van der Waals surface area contributed by atoms with Gasteiger partial charge in [-0.05, 0) is 0 Å². The van der Waals surface area contributed by atoms with E-state index in [2.05, 4.69) is 0 Å². The zero-order valence-corrected chi connectivity index (χ0v) is 6.37. The van der Waals surface area contributed by atoms with Crippen LogP contribution >= 0.6 is 12.4 Å². The van der Waals surface area contributed by atoms with E-state index in [1.54, 1.807) is 0 Å². The zero-order chi connectivity index (χ0) is 2.00. The van der Waals surface area contributed by atoms with Gasteiger partial charge in [0.2, 0.25) is 0 Å². The van der Waals surface area contributed by atoms with Gasteiger partial charge in [-0.15, -0.1) is 12.4 Å². The van der Waals surface area contributed by atoms with Gasteiger partial charge in [0.25, 0.3) is 0 Å². The normalized spacial score (nSPS) is 0.750. The molecule has 0 atom stereocenters. The number of rotatable bonds is 0. The molecule has 0 bridgehead atoms. The summed E-state index contributed by atoms with van der Waals surface area (Å²) in [5, 5.41) is 0. The zero-order valence-electron chi connectivity index (χ0n) is 3.39. The summed E-state index contributed by atoms with van der Waals surface area (Å²) in [6.45, 7) is 0. The average molecular weight is 103 g/mol. The molecule has 0 rings (SSSR count). The molecule has 0 amide bonds. The first-order chi connectivity index (χ1) is 1.00. The molecule has 4 heteroatoms. The molecule has 0 saturated carbocycles. The van der Waals surface area contributed by atoms with Crippen molar-refractivity contribution in [3.63, 3.8) is 0 Å². The van der Waals surface area contributed by atoms with Gasteiger partial charge in [-0.3, -0.25) is 0 Å². The fourth-order valence-corrected chi connectivity index (χ4v) is 0. The summed E-state index contributed by atoms with van der Waals surface area (Å²) in [7, 11) is 0. The van der Waals surface area contributed by atoms with Crippen LogP contribution in [0.15, 0.2) is 0 Å². The van der Waals surface area contributed by atoms with Gasteiger partial charge in [0.15, 0.2) is 0 Å². The number of halogens is 1. The maximum absolute atomic E-state index is 8.17. The molecule has 1 radical (unpaired) electrons. The van der Waals surface area contributed by atoms with Gasteiger partial charge in [0, 0.05) is 0 Å². The number of hydrogen-bond donors (Lipinski definition) is 0. The second-order valence-corrected chi connectivity index (χ2v) is 0. The van der Waals surface area contributed by atoms with Crippen molar-refractivity contribution in [3.05, 3.63) is 0 Å². The molecule has 0 aliphatic heterocycles. The van der Waals surface area contributed by atoms with Crippen LogP contribution in [0.4, 0.5) is 0 Å². The van der Waals surface area contributed by atoms with Crippen molar-refractivity contribution in [2.75, 3.05) is 0 Å². The van der Waals surface area contributed by atoms with Gasteiger partial charge in [-0.1, -0.05) is 0 Å². The third-order valence-corrected chi connectivity index (χ3v) is 0. The summed E-state index contributed by atoms with van der Waals surface area (Å²) in [6.07, 6.45) is 0. The Bertz CT molecular complexity index is 11.6. The van der Waals surface area contributed by atoms with Gasteiger partial charge in [-0.2, -0.15) is 0 Å². The molecule has 1 nitrogen and oxygen atoms in total. The predicted octanol–water partition coefficient (Wildman–Crippen LogP) is -2.96. The van der Waals surface area contributed by atoms with E-state index in [1.165, 1.54) is 16.2 Å². The van der Waals surface area contributed by atoms with Crippen molar-refractivity contribution in [1.29, 1.82) is 0 Å². The fourth-order valence-electron chi connectivity index (χ4n) is 0. The molecule has 0 unspecified atom stereocenters. The average Bonchev–Trinajstić information content (AvgIpc) is 1.00. The Kier molecular flexibility index (Phi) is 101. The van der Waals surface area contributed by atoms with E-state index in [-0.39, 0.29) is 43.4 Å². The van der Waals surface area contributed by atoms with Gasteiger partial charge >= 0.3 is 49.6 Å². The fraction of sp³-hybridized carbons (Fsp3) is 0. The van der Waals surface area contributed by atoms with Crippen LogP contribution in [0.3, 0.4) is 0 Å². The topological polar surface area (TPSA) is 17.1 Å². The molecule has 0 aliphatic rings. The second-order valence-electron chi connectivity index (χ2n) is 0. The third-order valence-electron chi connectivity index (χ3n) is 0. The second kappa shape index (κ2) is 23.0. The van der Waals surface area contributed by atoms with Crippen LogP contribution in [0.2, 0.25) is 0 Å². The van der Waals surface area contributed by atoms with Crippen molar-refractivity contribution in [3.8, 4) is 0 Å². The molecule has 0 aromatic carbocycles. The van der Waals surface area contributed by atoms with Gasteiger partial charge in [0.1, 0.15) is 0 Å². The van der Waals surface area contributed by atoms with Crippen molar-refractivity contribution >= 4 is 28.6 Å². The maximum atomic E-state index is 8.17. The summed E-state index contributed by atoms with van der Waals surface area (Å²) in [4.78, 5) is 0. The van der Waals surface area contributed by atoms with E-state index in [9.17, 15) is 0 Å². The third kappa shape index (κ3) is 9.46. The monoisotopic (exact) mass is 103 g/mol. The summed E-state index contributed by atoms with van der Waals surface area (Å²) in [6, 6.07) is 0. The molecule has 0 saturated heterocycles. The first-order valence-electron chi connectivity index (χ1n) is 0.236. The van der Waals surface area contributed by atoms with Crippen LogP contribution in [0.1, 0.15) is 1.43 Å². The Morgan fingerprint density at radius 1 is 1.50 bits per heavy atom. The molecule has 19 valence electrons. The quantitative estimate of drug-likeness (QED) is 0.300. The molecule has 0 spiro atoms. The van der Waals surface area contributed by atoms with Crippen LogP contribution in [-0.4, -0.2) is 16.2 Å². The first kappa shape index (κ1) is 17.5. The molecule has 0 N–H and O–H groups in total. The minimum atomic E-state index is 0. The SMILES string of the molecule is Cl.[H-].[Na+].[O]=[Al]. The summed E-state index contributed by atoms with van der Waals surface area (Å²) in [5.41, 5.74) is 0. The minimum absolute atomic E-state index is 0. The van der Waals surface area contributed by atoms with Crippen molar-refractivity contribution in [2.24, 2.45) is 0 Å². The van der Waals surface area contributed by atoms with E-state index in [4.69, 9.17) is 3.80 Å². The van der Waals surface area contributed by atoms with Crippen LogP contribution in [0.5, 0.6) is 0 Å². The van der Waals surface area contributed by atoms with Crippen molar-refractivity contribution in [1.82, 2.24) is 0 Å². The molecule has 0 aromatic heterocycles. The van der Waals surface area contributed by atoms with Crippen molar-refractivity contribution in [2.45, 2.75) is 0 Å². The molecule has 0 heterocycles. The summed E-state index contributed by atoms with van der Waals surface area (Å²) in [5.74, 6) is 0. The van der Waals surface area contributed by atoms with Gasteiger partial charge in [0.05, 0.1) is 0 Å². The Labute approximate surface area is 63.0 Å². The van der Waals surface area contributed by atoms with Crippen LogP contribution < -0.4 is 29.6 Å². The van der Waals surface area contributed by atoms with E-state index in [0.717, 1.165) is 0 Å². The molecular weight excluding hydrogens is 101 g/mol. The Morgan fingerprint density at radius 2 is 1.50 bits per heavy atom. The van der Waals surface area contributed by atoms with Crippen LogP contribution in [0.25, 0.3) is 0 Å². The first-order valence-corrected chi connectivity index (χ1v) is 0.707. The van der Waals surface area contributed by atoms with Gasteiger partial charge < -0.3 is 1.43 Å². The summed E-state index contributed by atoms with van der Waals surface area (Å²) < 4.78 is 8.17. The van der Waals surface area contributed by atoms with Crippen LogP contribution in [0, 0.1) is 0 Å². The molecule has 0 aromatic rings. The Balaban J connectivity index is -0.00000000167. The van der Waals surface area contributed by atoms with E-state index in [0.29, 0.717) is 0 Å². The molecule has 0 aliphatic carbocycles. The van der Waals surface area contributed by atoms with E-state index < -0.39 is 0 Å². The molecule has 0 fully saturated rings. The molecular formula is H2AlClNaO. The summed E-state index contributed by atoms with van der Waals surface area (Å²) >= 11 is 1.17. The number of hydrogen-bond acceptors (Lipinski definition) is 1. The van der Waals surface area contributed by atoms with E-state index in [1.807, 2.05) is 0 Å². The predicted molar refractivity (Wildman–Crippen MR) is 14.8 cm³/mol. The van der Waals surface area contributed by atoms with Crippen molar-refractivity contribution < 1.29 is 34.8 Å². The standard InChI is InChI=1S/Al.ClH.Na.O.H/h;1H;;;/q;;+1;;-1. The van der Waals surface area contributed by atoms with Gasteiger partial charge in [-0.25, -0.2) is 0 Å². The van der Waals surface area contributed by atoms with Crippen LogP contribution in [-0.2, 0) is 3.80 Å². The van der Waals surface area contributed by atoms with E-state index >= 15 is 0 Å². The Hall–Kier alpha value is 1.62.